The van der Waals surface area contributed by atoms with E-state index in [4.69, 9.17) is 4.74 Å². The summed E-state index contributed by atoms with van der Waals surface area (Å²) in [6.45, 7) is 9.50. The molecule has 0 radical (unpaired) electrons. The highest BCUT2D eigenvalue weighted by Gasteiger charge is 2.24. The lowest BCUT2D eigenvalue weighted by molar-refractivity contribution is 0.0489. The van der Waals surface area contributed by atoms with Crippen LogP contribution in [0.4, 0.5) is 4.79 Å². The van der Waals surface area contributed by atoms with Gasteiger partial charge < -0.3 is 15.4 Å². The fourth-order valence-electron chi connectivity index (χ4n) is 2.96. The molecule has 1 amide bonds. The van der Waals surface area contributed by atoms with Gasteiger partial charge in [-0.15, -0.1) is 0 Å². The molecule has 1 saturated carbocycles. The Kier molecular flexibility index (Phi) is 6.04. The highest BCUT2D eigenvalue weighted by atomic mass is 16.6. The van der Waals surface area contributed by atoms with Gasteiger partial charge in [0.2, 0.25) is 0 Å². The molecular weight excluding hydrogens is 292 g/mol. The van der Waals surface area contributed by atoms with Gasteiger partial charge >= 0.3 is 6.09 Å². The quantitative estimate of drug-likeness (QED) is 0.875. The molecule has 0 atom stereocenters. The van der Waals surface area contributed by atoms with Gasteiger partial charge in [-0.3, -0.25) is 4.68 Å². The third-order valence-corrected chi connectivity index (χ3v) is 4.12. The summed E-state index contributed by atoms with van der Waals surface area (Å²) < 4.78 is 7.33. The molecule has 1 aromatic rings. The van der Waals surface area contributed by atoms with E-state index >= 15 is 0 Å². The fraction of sp³-hybridized carbons (Fsp3) is 0.765. The van der Waals surface area contributed by atoms with Crippen LogP contribution in [-0.2, 0) is 17.8 Å². The lowest BCUT2D eigenvalue weighted by Gasteiger charge is -2.30. The Balaban J connectivity index is 1.69. The van der Waals surface area contributed by atoms with Crippen LogP contribution in [0.1, 0.15) is 59.1 Å². The number of rotatable bonds is 5. The van der Waals surface area contributed by atoms with Gasteiger partial charge in [0.1, 0.15) is 5.60 Å². The number of carbonyl (C=O) groups is 1. The average molecular weight is 322 g/mol. The Labute approximate surface area is 139 Å². The van der Waals surface area contributed by atoms with E-state index in [0.717, 1.165) is 38.8 Å². The highest BCUT2D eigenvalue weighted by Crippen LogP contribution is 2.19. The number of nitrogens with zero attached hydrogens (tertiary/aromatic N) is 2. The third kappa shape index (κ3) is 5.86. The maximum Gasteiger partial charge on any atom is 0.407 e. The molecular formula is C17H30N4O2. The van der Waals surface area contributed by atoms with Gasteiger partial charge in [0, 0.05) is 31.4 Å². The smallest absolute Gasteiger partial charge is 0.407 e. The number of ether oxygens (including phenoxy) is 1. The largest absolute Gasteiger partial charge is 0.444 e. The van der Waals surface area contributed by atoms with Crippen LogP contribution in [0.25, 0.3) is 0 Å². The van der Waals surface area contributed by atoms with Gasteiger partial charge in [0.25, 0.3) is 0 Å². The van der Waals surface area contributed by atoms with Crippen LogP contribution in [0.3, 0.4) is 0 Å². The van der Waals surface area contributed by atoms with Crippen molar-refractivity contribution in [1.29, 1.82) is 0 Å². The molecule has 0 aromatic carbocycles. The normalized spacial score (nSPS) is 21.9. The molecule has 130 valence electrons. The first-order chi connectivity index (χ1) is 10.9. The van der Waals surface area contributed by atoms with Crippen molar-refractivity contribution >= 4 is 6.09 Å². The molecule has 0 bridgehead atoms. The summed E-state index contributed by atoms with van der Waals surface area (Å²) in [5, 5.41) is 10.9. The van der Waals surface area contributed by atoms with Crippen LogP contribution in [0.5, 0.6) is 0 Å². The molecule has 1 aliphatic carbocycles. The van der Waals surface area contributed by atoms with Crippen LogP contribution in [0.2, 0.25) is 0 Å². The van der Waals surface area contributed by atoms with E-state index in [0.29, 0.717) is 6.04 Å². The molecule has 1 heterocycles. The van der Waals surface area contributed by atoms with Crippen molar-refractivity contribution in [2.24, 2.45) is 0 Å². The number of nitrogens with one attached hydrogen (secondary N) is 2. The first-order valence-electron chi connectivity index (χ1n) is 8.61. The molecule has 0 spiro atoms. The molecule has 0 aliphatic heterocycles. The van der Waals surface area contributed by atoms with Crippen molar-refractivity contribution in [2.75, 3.05) is 0 Å². The summed E-state index contributed by atoms with van der Waals surface area (Å²) in [6, 6.07) is 2.79. The first-order valence-corrected chi connectivity index (χ1v) is 8.61. The topological polar surface area (TPSA) is 68.2 Å². The van der Waals surface area contributed by atoms with Crippen LogP contribution < -0.4 is 10.6 Å². The van der Waals surface area contributed by atoms with Crippen LogP contribution >= 0.6 is 0 Å². The number of hydrogen-bond donors (Lipinski definition) is 2. The summed E-state index contributed by atoms with van der Waals surface area (Å²) in [4.78, 5) is 11.8. The SMILES string of the molecule is CCn1nccc1CNC1CCC(NC(=O)OC(C)(C)C)CC1. The summed E-state index contributed by atoms with van der Waals surface area (Å²) in [5.74, 6) is 0. The fourth-order valence-corrected chi connectivity index (χ4v) is 2.96. The Bertz CT molecular complexity index is 499. The Morgan fingerprint density at radius 2 is 1.96 bits per heavy atom. The number of amides is 1. The summed E-state index contributed by atoms with van der Waals surface area (Å²) in [7, 11) is 0. The van der Waals surface area contributed by atoms with E-state index in [1.54, 1.807) is 0 Å². The maximum atomic E-state index is 11.8. The Hall–Kier alpha value is -1.56. The average Bonchev–Trinajstić information content (AvgIpc) is 2.92. The van der Waals surface area contributed by atoms with Gasteiger partial charge in [0.15, 0.2) is 0 Å². The minimum atomic E-state index is -0.439. The molecule has 2 N–H and O–H groups in total. The predicted octanol–water partition coefficient (Wildman–Crippen LogP) is 2.83. The molecule has 6 nitrogen and oxygen atoms in total. The third-order valence-electron chi connectivity index (χ3n) is 4.12. The number of hydrogen-bond acceptors (Lipinski definition) is 4. The Morgan fingerprint density at radius 1 is 1.30 bits per heavy atom. The molecule has 0 saturated heterocycles. The molecule has 6 heteroatoms. The second-order valence-corrected chi connectivity index (χ2v) is 7.21. The van der Waals surface area contributed by atoms with Crippen LogP contribution in [-0.4, -0.2) is 33.6 Å². The van der Waals surface area contributed by atoms with E-state index in [2.05, 4.69) is 28.7 Å². The second kappa shape index (κ2) is 7.81. The summed E-state index contributed by atoms with van der Waals surface area (Å²) in [6.07, 6.45) is 5.66. The molecule has 1 aromatic heterocycles. The standard InChI is InChI=1S/C17H30N4O2/c1-5-21-15(10-11-19-21)12-18-13-6-8-14(9-7-13)20-16(22)23-17(2,3)4/h10-11,13-14,18H,5-9,12H2,1-4H3,(H,20,22). The minimum Gasteiger partial charge on any atom is -0.444 e. The summed E-state index contributed by atoms with van der Waals surface area (Å²) >= 11 is 0. The van der Waals surface area contributed by atoms with Gasteiger partial charge in [-0.2, -0.15) is 5.10 Å². The van der Waals surface area contributed by atoms with Gasteiger partial charge in [0.05, 0.1) is 5.69 Å². The first kappa shape index (κ1) is 17.8. The zero-order valence-corrected chi connectivity index (χ0v) is 14.8. The zero-order chi connectivity index (χ0) is 16.9. The predicted molar refractivity (Wildman–Crippen MR) is 90.2 cm³/mol. The number of aromatic nitrogens is 2. The van der Waals surface area contributed by atoms with Crippen molar-refractivity contribution in [3.8, 4) is 0 Å². The zero-order valence-electron chi connectivity index (χ0n) is 14.8. The minimum absolute atomic E-state index is 0.226. The molecule has 23 heavy (non-hydrogen) atoms. The Morgan fingerprint density at radius 3 is 2.57 bits per heavy atom. The summed E-state index contributed by atoms with van der Waals surface area (Å²) in [5.41, 5.74) is 0.784. The van der Waals surface area contributed by atoms with Crippen molar-refractivity contribution in [2.45, 2.75) is 84.2 Å². The van der Waals surface area contributed by atoms with Gasteiger partial charge in [-0.05, 0) is 59.4 Å². The van der Waals surface area contributed by atoms with E-state index in [1.165, 1.54) is 5.69 Å². The van der Waals surface area contributed by atoms with Crippen molar-refractivity contribution in [3.05, 3.63) is 18.0 Å². The van der Waals surface area contributed by atoms with E-state index < -0.39 is 5.60 Å². The lowest BCUT2D eigenvalue weighted by atomic mass is 9.91. The van der Waals surface area contributed by atoms with Crippen molar-refractivity contribution in [1.82, 2.24) is 20.4 Å². The van der Waals surface area contributed by atoms with Gasteiger partial charge in [-0.1, -0.05) is 0 Å². The van der Waals surface area contributed by atoms with Crippen molar-refractivity contribution in [3.63, 3.8) is 0 Å². The highest BCUT2D eigenvalue weighted by molar-refractivity contribution is 5.68. The van der Waals surface area contributed by atoms with E-state index in [-0.39, 0.29) is 12.1 Å². The van der Waals surface area contributed by atoms with Gasteiger partial charge in [-0.25, -0.2) is 4.79 Å². The number of aryl methyl sites for hydroxylation is 1. The van der Waals surface area contributed by atoms with E-state index in [1.807, 2.05) is 31.6 Å². The lowest BCUT2D eigenvalue weighted by Crippen LogP contribution is -2.43. The molecule has 0 unspecified atom stereocenters. The van der Waals surface area contributed by atoms with Crippen molar-refractivity contribution < 1.29 is 9.53 Å². The molecule has 2 rings (SSSR count). The van der Waals surface area contributed by atoms with Crippen LogP contribution in [0, 0.1) is 0 Å². The second-order valence-electron chi connectivity index (χ2n) is 7.21. The maximum absolute atomic E-state index is 11.8. The van der Waals surface area contributed by atoms with Crippen LogP contribution in [0.15, 0.2) is 12.3 Å². The number of carbonyl (C=O) groups excluding carboxylic acids is 1. The molecule has 1 aliphatic rings. The monoisotopic (exact) mass is 322 g/mol. The van der Waals surface area contributed by atoms with E-state index in [9.17, 15) is 4.79 Å². The number of alkyl carbamates (subject to hydrolysis) is 1. The molecule has 1 fully saturated rings.